The van der Waals surface area contributed by atoms with Gasteiger partial charge in [-0.2, -0.15) is 5.10 Å². The fourth-order valence-electron chi connectivity index (χ4n) is 1.97. The van der Waals surface area contributed by atoms with E-state index >= 15 is 0 Å². The van der Waals surface area contributed by atoms with E-state index in [0.717, 1.165) is 11.2 Å². The molecule has 0 aromatic carbocycles. The van der Waals surface area contributed by atoms with Crippen LogP contribution < -0.4 is 5.59 Å². The summed E-state index contributed by atoms with van der Waals surface area (Å²) in [7, 11) is -0.431. The molecule has 6 heteroatoms. The monoisotopic (exact) mass is 245 g/mol. The molecule has 0 aliphatic carbocycles. The van der Waals surface area contributed by atoms with Gasteiger partial charge in [0.15, 0.2) is 5.65 Å². The van der Waals surface area contributed by atoms with E-state index in [0.29, 0.717) is 0 Å². The maximum absolute atomic E-state index is 5.99. The third-order valence-corrected chi connectivity index (χ3v) is 3.80. The van der Waals surface area contributed by atoms with Crippen LogP contribution in [0.2, 0.25) is 0 Å². The van der Waals surface area contributed by atoms with Crippen LogP contribution in [0, 0.1) is 0 Å². The Balaban J connectivity index is 2.03. The zero-order valence-corrected chi connectivity index (χ0v) is 11.0. The van der Waals surface area contributed by atoms with Crippen molar-refractivity contribution in [2.45, 2.75) is 38.9 Å². The van der Waals surface area contributed by atoms with E-state index in [1.165, 1.54) is 0 Å². The van der Waals surface area contributed by atoms with Crippen LogP contribution in [0.1, 0.15) is 27.7 Å². The Morgan fingerprint density at radius 1 is 1.17 bits per heavy atom. The molecule has 0 atom stereocenters. The van der Waals surface area contributed by atoms with Crippen molar-refractivity contribution in [3.8, 4) is 0 Å². The molecule has 3 rings (SSSR count). The van der Waals surface area contributed by atoms with Crippen LogP contribution in [-0.4, -0.2) is 32.9 Å². The van der Waals surface area contributed by atoms with E-state index in [1.807, 2.05) is 39.8 Å². The lowest BCUT2D eigenvalue weighted by Crippen LogP contribution is -2.41. The Bertz CT molecular complexity index is 578. The second-order valence-corrected chi connectivity index (χ2v) is 5.56. The van der Waals surface area contributed by atoms with Gasteiger partial charge in [0.1, 0.15) is 0 Å². The summed E-state index contributed by atoms with van der Waals surface area (Å²) in [5.41, 5.74) is 0.916. The lowest BCUT2D eigenvalue weighted by atomic mass is 9.85. The molecule has 1 fully saturated rings. The molecule has 0 spiro atoms. The molecular formula is C12H16BN3O2. The largest absolute Gasteiger partial charge is 0.516 e. The van der Waals surface area contributed by atoms with Crippen molar-refractivity contribution in [1.29, 1.82) is 0 Å². The van der Waals surface area contributed by atoms with Crippen molar-refractivity contribution < 1.29 is 9.31 Å². The SMILES string of the molecule is CC1(C)OB(c2cnc3cccnn23)OC1(C)C. The number of imidazole rings is 1. The highest BCUT2D eigenvalue weighted by molar-refractivity contribution is 6.61. The second kappa shape index (κ2) is 3.55. The summed E-state index contributed by atoms with van der Waals surface area (Å²) >= 11 is 0. The van der Waals surface area contributed by atoms with Crippen molar-refractivity contribution >= 4 is 18.4 Å². The van der Waals surface area contributed by atoms with E-state index < -0.39 is 7.12 Å². The second-order valence-electron chi connectivity index (χ2n) is 5.56. The first-order valence-electron chi connectivity index (χ1n) is 6.05. The average molecular weight is 245 g/mol. The minimum Gasteiger partial charge on any atom is -0.398 e. The molecule has 0 unspecified atom stereocenters. The van der Waals surface area contributed by atoms with Gasteiger partial charge in [0.05, 0.1) is 16.8 Å². The third-order valence-electron chi connectivity index (χ3n) is 3.80. The molecule has 0 amide bonds. The zero-order chi connectivity index (χ0) is 13.0. The van der Waals surface area contributed by atoms with E-state index in [1.54, 1.807) is 16.9 Å². The van der Waals surface area contributed by atoms with Crippen LogP contribution in [0.3, 0.4) is 0 Å². The predicted octanol–water partition coefficient (Wildman–Crippen LogP) is 1.03. The number of fused-ring (bicyclic) bond motifs is 1. The molecule has 1 aliphatic heterocycles. The van der Waals surface area contributed by atoms with Crippen molar-refractivity contribution in [3.05, 3.63) is 24.5 Å². The van der Waals surface area contributed by atoms with Crippen molar-refractivity contribution in [2.24, 2.45) is 0 Å². The van der Waals surface area contributed by atoms with Gasteiger partial charge in [0, 0.05) is 12.4 Å². The molecule has 2 aromatic heterocycles. The molecule has 0 radical (unpaired) electrons. The molecule has 1 saturated heterocycles. The summed E-state index contributed by atoms with van der Waals surface area (Å²) in [5, 5.41) is 4.28. The summed E-state index contributed by atoms with van der Waals surface area (Å²) < 4.78 is 13.7. The van der Waals surface area contributed by atoms with E-state index in [-0.39, 0.29) is 11.2 Å². The van der Waals surface area contributed by atoms with Gasteiger partial charge in [-0.05, 0) is 39.8 Å². The Kier molecular flexibility index (Phi) is 2.31. The molecule has 18 heavy (non-hydrogen) atoms. The third kappa shape index (κ3) is 1.56. The number of nitrogens with zero attached hydrogens (tertiary/aromatic N) is 3. The van der Waals surface area contributed by atoms with Gasteiger partial charge in [-0.1, -0.05) is 0 Å². The molecule has 1 aliphatic rings. The maximum Gasteiger partial charge on any atom is 0.516 e. The first-order chi connectivity index (χ1) is 8.41. The molecule has 0 N–H and O–H groups in total. The lowest BCUT2D eigenvalue weighted by Gasteiger charge is -2.32. The van der Waals surface area contributed by atoms with Gasteiger partial charge >= 0.3 is 7.12 Å². The standard InChI is InChI=1S/C12H16BN3O2/c1-11(2)12(3,4)18-13(17-11)9-8-14-10-6-5-7-15-16(9)10/h5-8H,1-4H3. The first kappa shape index (κ1) is 11.7. The number of aromatic nitrogens is 3. The minimum absolute atomic E-state index is 0.351. The number of hydrogen-bond donors (Lipinski definition) is 0. The summed E-state index contributed by atoms with van der Waals surface area (Å²) in [5.74, 6) is 0. The van der Waals surface area contributed by atoms with Crippen LogP contribution >= 0.6 is 0 Å². The maximum atomic E-state index is 5.99. The lowest BCUT2D eigenvalue weighted by molar-refractivity contribution is 0.00578. The first-order valence-corrected chi connectivity index (χ1v) is 6.05. The Morgan fingerprint density at radius 3 is 2.50 bits per heavy atom. The van der Waals surface area contributed by atoms with Gasteiger partial charge in [0.25, 0.3) is 0 Å². The highest BCUT2D eigenvalue weighted by Gasteiger charge is 2.52. The normalized spacial score (nSPS) is 21.7. The van der Waals surface area contributed by atoms with Crippen LogP contribution in [0.15, 0.2) is 24.5 Å². The highest BCUT2D eigenvalue weighted by atomic mass is 16.7. The molecule has 94 valence electrons. The van der Waals surface area contributed by atoms with Gasteiger partial charge < -0.3 is 9.31 Å². The molecular weight excluding hydrogens is 229 g/mol. The summed E-state index contributed by atoms with van der Waals surface area (Å²) in [6, 6.07) is 3.76. The highest BCUT2D eigenvalue weighted by Crippen LogP contribution is 2.36. The Hall–Kier alpha value is -1.40. The fourth-order valence-corrected chi connectivity index (χ4v) is 1.97. The average Bonchev–Trinajstić information content (AvgIpc) is 2.78. The van der Waals surface area contributed by atoms with Gasteiger partial charge in [-0.25, -0.2) is 9.50 Å². The van der Waals surface area contributed by atoms with Crippen LogP contribution in [0.25, 0.3) is 5.65 Å². The van der Waals surface area contributed by atoms with Gasteiger partial charge in [0.2, 0.25) is 0 Å². The van der Waals surface area contributed by atoms with Crippen LogP contribution in [0.4, 0.5) is 0 Å². The molecule has 0 saturated carbocycles. The van der Waals surface area contributed by atoms with Gasteiger partial charge in [-0.3, -0.25) is 0 Å². The molecule has 5 nitrogen and oxygen atoms in total. The smallest absolute Gasteiger partial charge is 0.398 e. The Morgan fingerprint density at radius 2 is 1.83 bits per heavy atom. The fraction of sp³-hybridized carbons (Fsp3) is 0.500. The van der Waals surface area contributed by atoms with Crippen LogP contribution in [-0.2, 0) is 9.31 Å². The molecule has 2 aromatic rings. The number of rotatable bonds is 1. The van der Waals surface area contributed by atoms with Crippen molar-refractivity contribution in [1.82, 2.24) is 14.6 Å². The van der Waals surface area contributed by atoms with Gasteiger partial charge in [-0.15, -0.1) is 0 Å². The number of hydrogen-bond acceptors (Lipinski definition) is 4. The quantitative estimate of drug-likeness (QED) is 0.704. The summed E-state index contributed by atoms with van der Waals surface area (Å²) in [4.78, 5) is 4.30. The van der Waals surface area contributed by atoms with E-state index in [2.05, 4.69) is 10.1 Å². The Labute approximate surface area is 106 Å². The van der Waals surface area contributed by atoms with Crippen LogP contribution in [0.5, 0.6) is 0 Å². The van der Waals surface area contributed by atoms with Crippen molar-refractivity contribution in [3.63, 3.8) is 0 Å². The summed E-state index contributed by atoms with van der Waals surface area (Å²) in [6.07, 6.45) is 3.48. The van der Waals surface area contributed by atoms with Crippen molar-refractivity contribution in [2.75, 3.05) is 0 Å². The van der Waals surface area contributed by atoms with E-state index in [4.69, 9.17) is 9.31 Å². The zero-order valence-electron chi connectivity index (χ0n) is 11.0. The minimum atomic E-state index is -0.431. The predicted molar refractivity (Wildman–Crippen MR) is 68.7 cm³/mol. The molecule has 0 bridgehead atoms. The molecule has 3 heterocycles. The topological polar surface area (TPSA) is 48.7 Å². The van der Waals surface area contributed by atoms with E-state index in [9.17, 15) is 0 Å². The summed E-state index contributed by atoms with van der Waals surface area (Å²) in [6.45, 7) is 8.13.